The van der Waals surface area contributed by atoms with Gasteiger partial charge in [0.15, 0.2) is 11.7 Å². The summed E-state index contributed by atoms with van der Waals surface area (Å²) in [7, 11) is 0. The van der Waals surface area contributed by atoms with Gasteiger partial charge in [0.05, 0.1) is 11.2 Å². The Morgan fingerprint density at radius 3 is 2.70 bits per heavy atom. The van der Waals surface area contributed by atoms with Crippen LogP contribution in [0.25, 0.3) is 11.3 Å². The maximum atomic E-state index is 11.9. The average molecular weight is 355 g/mol. The molecule has 1 aromatic carbocycles. The van der Waals surface area contributed by atoms with Crippen LogP contribution in [0.3, 0.4) is 0 Å². The van der Waals surface area contributed by atoms with Crippen LogP contribution in [0.5, 0.6) is 0 Å². The number of hydrogen-bond donors (Lipinski definition) is 1. The van der Waals surface area contributed by atoms with E-state index < -0.39 is 0 Å². The van der Waals surface area contributed by atoms with E-state index in [9.17, 15) is 4.79 Å². The van der Waals surface area contributed by atoms with Crippen molar-refractivity contribution in [2.45, 2.75) is 39.7 Å². The van der Waals surface area contributed by atoms with E-state index >= 15 is 0 Å². The van der Waals surface area contributed by atoms with E-state index in [1.165, 1.54) is 0 Å². The van der Waals surface area contributed by atoms with Crippen molar-refractivity contribution in [1.82, 2.24) is 10.3 Å². The topological polar surface area (TPSA) is 55.1 Å². The first-order chi connectivity index (χ1) is 10.9. The SMILES string of the molecule is CC(C)C(C)NC(=O)CCc1ncc(-c2ccc(Cl)cc2Cl)o1. The fourth-order valence-electron chi connectivity index (χ4n) is 1.95. The predicted octanol–water partition coefficient (Wildman–Crippen LogP) is 4.74. The molecule has 0 saturated carbocycles. The van der Waals surface area contributed by atoms with Crippen molar-refractivity contribution in [3.8, 4) is 11.3 Å². The molecule has 2 rings (SSSR count). The lowest BCUT2D eigenvalue weighted by Crippen LogP contribution is -2.36. The van der Waals surface area contributed by atoms with E-state index in [0.717, 1.165) is 5.56 Å². The Hall–Kier alpha value is -1.52. The van der Waals surface area contributed by atoms with Crippen LogP contribution in [0.15, 0.2) is 28.8 Å². The third-order valence-electron chi connectivity index (χ3n) is 3.70. The molecule has 0 fully saturated rings. The molecule has 0 radical (unpaired) electrons. The number of halogens is 2. The molecule has 4 nitrogen and oxygen atoms in total. The molecule has 1 N–H and O–H groups in total. The van der Waals surface area contributed by atoms with Gasteiger partial charge >= 0.3 is 0 Å². The molecule has 0 saturated heterocycles. The van der Waals surface area contributed by atoms with Crippen LogP contribution >= 0.6 is 23.2 Å². The molecule has 0 aliphatic rings. The zero-order chi connectivity index (χ0) is 17.0. The minimum atomic E-state index is -0.00419. The number of oxazole rings is 1. The molecule has 0 aliphatic heterocycles. The molecule has 0 bridgehead atoms. The van der Waals surface area contributed by atoms with Gasteiger partial charge in [-0.05, 0) is 31.0 Å². The van der Waals surface area contributed by atoms with Crippen LogP contribution in [0.4, 0.5) is 0 Å². The molecule has 1 atom stereocenters. The second kappa shape index (κ2) is 7.84. The molecule has 1 aromatic heterocycles. The van der Waals surface area contributed by atoms with E-state index in [0.29, 0.717) is 40.5 Å². The van der Waals surface area contributed by atoms with Crippen molar-refractivity contribution in [3.05, 3.63) is 40.3 Å². The van der Waals surface area contributed by atoms with Gasteiger partial charge in [0.25, 0.3) is 0 Å². The first kappa shape index (κ1) is 17.8. The fraction of sp³-hybridized carbons (Fsp3) is 0.412. The highest BCUT2D eigenvalue weighted by atomic mass is 35.5. The lowest BCUT2D eigenvalue weighted by Gasteiger charge is -2.16. The highest BCUT2D eigenvalue weighted by Crippen LogP contribution is 2.30. The number of carbonyl (C=O) groups is 1. The Morgan fingerprint density at radius 2 is 2.04 bits per heavy atom. The van der Waals surface area contributed by atoms with Crippen LogP contribution < -0.4 is 5.32 Å². The maximum Gasteiger partial charge on any atom is 0.220 e. The maximum absolute atomic E-state index is 11.9. The van der Waals surface area contributed by atoms with Gasteiger partial charge in [-0.25, -0.2) is 4.98 Å². The van der Waals surface area contributed by atoms with Gasteiger partial charge in [0.1, 0.15) is 0 Å². The van der Waals surface area contributed by atoms with Crippen LogP contribution in [-0.2, 0) is 11.2 Å². The largest absolute Gasteiger partial charge is 0.441 e. The standard InChI is InChI=1S/C17H20Cl2N2O2/c1-10(2)11(3)21-16(22)6-7-17-20-9-15(23-17)13-5-4-12(18)8-14(13)19/h4-5,8-11H,6-7H2,1-3H3,(H,21,22). The van der Waals surface area contributed by atoms with Crippen molar-refractivity contribution in [2.24, 2.45) is 5.92 Å². The zero-order valence-electron chi connectivity index (χ0n) is 13.4. The number of aromatic nitrogens is 1. The minimum absolute atomic E-state index is 0.00419. The van der Waals surface area contributed by atoms with Gasteiger partial charge in [-0.2, -0.15) is 0 Å². The lowest BCUT2D eigenvalue weighted by atomic mass is 10.1. The summed E-state index contributed by atoms with van der Waals surface area (Å²) in [5.74, 6) is 1.48. The Kier molecular flexibility index (Phi) is 6.08. The van der Waals surface area contributed by atoms with E-state index in [1.54, 1.807) is 24.4 Å². The lowest BCUT2D eigenvalue weighted by molar-refractivity contribution is -0.122. The van der Waals surface area contributed by atoms with Gasteiger partial charge in [0, 0.05) is 29.5 Å². The first-order valence-electron chi connectivity index (χ1n) is 7.56. The van der Waals surface area contributed by atoms with Gasteiger partial charge < -0.3 is 9.73 Å². The molecular formula is C17H20Cl2N2O2. The van der Waals surface area contributed by atoms with Crippen LogP contribution in [-0.4, -0.2) is 16.9 Å². The molecule has 0 aliphatic carbocycles. The van der Waals surface area contributed by atoms with Crippen molar-refractivity contribution < 1.29 is 9.21 Å². The summed E-state index contributed by atoms with van der Waals surface area (Å²) in [4.78, 5) is 16.1. The Morgan fingerprint density at radius 1 is 1.30 bits per heavy atom. The molecular weight excluding hydrogens is 335 g/mol. The van der Waals surface area contributed by atoms with E-state index in [1.807, 2.05) is 6.92 Å². The van der Waals surface area contributed by atoms with Crippen molar-refractivity contribution in [1.29, 1.82) is 0 Å². The third kappa shape index (κ3) is 4.98. The molecule has 1 unspecified atom stereocenters. The number of rotatable bonds is 6. The highest BCUT2D eigenvalue weighted by Gasteiger charge is 2.14. The van der Waals surface area contributed by atoms with Crippen molar-refractivity contribution >= 4 is 29.1 Å². The number of benzene rings is 1. The Balaban J connectivity index is 1.96. The first-order valence-corrected chi connectivity index (χ1v) is 8.32. The number of hydrogen-bond acceptors (Lipinski definition) is 3. The van der Waals surface area contributed by atoms with Crippen molar-refractivity contribution in [3.63, 3.8) is 0 Å². The van der Waals surface area contributed by atoms with Crippen LogP contribution in [0.1, 0.15) is 33.1 Å². The van der Waals surface area contributed by atoms with Gasteiger partial charge in [-0.15, -0.1) is 0 Å². The summed E-state index contributed by atoms with van der Waals surface area (Å²) in [6, 6.07) is 5.33. The van der Waals surface area contributed by atoms with E-state index in [2.05, 4.69) is 24.1 Å². The number of amides is 1. The van der Waals surface area contributed by atoms with Gasteiger partial charge in [0.2, 0.25) is 5.91 Å². The number of nitrogens with zero attached hydrogens (tertiary/aromatic N) is 1. The number of nitrogens with one attached hydrogen (secondary N) is 1. The summed E-state index contributed by atoms with van der Waals surface area (Å²) in [6.45, 7) is 6.14. The van der Waals surface area contributed by atoms with E-state index in [-0.39, 0.29) is 11.9 Å². The second-order valence-electron chi connectivity index (χ2n) is 5.84. The summed E-state index contributed by atoms with van der Waals surface area (Å²) in [5.41, 5.74) is 0.729. The number of aryl methyl sites for hydroxylation is 1. The molecule has 6 heteroatoms. The monoisotopic (exact) mass is 354 g/mol. The summed E-state index contributed by atoms with van der Waals surface area (Å²) in [5, 5.41) is 4.03. The number of carbonyl (C=O) groups excluding carboxylic acids is 1. The molecule has 1 heterocycles. The van der Waals surface area contributed by atoms with E-state index in [4.69, 9.17) is 27.6 Å². The molecule has 124 valence electrons. The third-order valence-corrected chi connectivity index (χ3v) is 4.25. The molecule has 1 amide bonds. The average Bonchev–Trinajstić information content (AvgIpc) is 2.93. The minimum Gasteiger partial charge on any atom is -0.441 e. The Bertz CT molecular complexity index is 683. The molecule has 23 heavy (non-hydrogen) atoms. The quantitative estimate of drug-likeness (QED) is 0.814. The summed E-state index contributed by atoms with van der Waals surface area (Å²) in [6.07, 6.45) is 2.40. The smallest absolute Gasteiger partial charge is 0.220 e. The molecule has 0 spiro atoms. The normalized spacial score (nSPS) is 12.4. The second-order valence-corrected chi connectivity index (χ2v) is 6.69. The molecule has 2 aromatic rings. The van der Waals surface area contributed by atoms with Gasteiger partial charge in [-0.1, -0.05) is 37.0 Å². The van der Waals surface area contributed by atoms with Crippen LogP contribution in [0.2, 0.25) is 10.0 Å². The zero-order valence-corrected chi connectivity index (χ0v) is 14.9. The highest BCUT2D eigenvalue weighted by molar-refractivity contribution is 6.36. The van der Waals surface area contributed by atoms with Crippen molar-refractivity contribution in [2.75, 3.05) is 0 Å². The summed E-state index contributed by atoms with van der Waals surface area (Å²) < 4.78 is 5.67. The van der Waals surface area contributed by atoms with Gasteiger partial charge in [-0.3, -0.25) is 4.79 Å². The fourth-order valence-corrected chi connectivity index (χ4v) is 2.45. The van der Waals surface area contributed by atoms with Crippen LogP contribution in [0, 0.1) is 5.92 Å². The Labute approximate surface area is 146 Å². The summed E-state index contributed by atoms with van der Waals surface area (Å²) >= 11 is 12.0. The predicted molar refractivity (Wildman–Crippen MR) is 92.7 cm³/mol.